The van der Waals surface area contributed by atoms with Gasteiger partial charge in [-0.25, -0.2) is 0 Å². The second kappa shape index (κ2) is 6.51. The number of hydrogen-bond donors (Lipinski definition) is 2. The van der Waals surface area contributed by atoms with Crippen molar-refractivity contribution in [1.29, 1.82) is 0 Å². The Labute approximate surface area is 131 Å². The molecule has 1 saturated heterocycles. The predicted octanol–water partition coefficient (Wildman–Crippen LogP) is 1.40. The van der Waals surface area contributed by atoms with Crippen LogP contribution < -0.4 is 10.0 Å². The average Bonchev–Trinajstić information content (AvgIpc) is 2.80. The van der Waals surface area contributed by atoms with Gasteiger partial charge in [-0.1, -0.05) is 18.2 Å². The molecule has 0 amide bonds. The van der Waals surface area contributed by atoms with Crippen molar-refractivity contribution in [3.05, 3.63) is 29.8 Å². The summed E-state index contributed by atoms with van der Waals surface area (Å²) in [7, 11) is -0.660. The first-order valence-electron chi connectivity index (χ1n) is 6.98. The largest absolute Gasteiger partial charge is 0.388 e. The van der Waals surface area contributed by atoms with Gasteiger partial charge >= 0.3 is 10.3 Å². The van der Waals surface area contributed by atoms with Crippen molar-refractivity contribution < 1.29 is 22.1 Å². The Morgan fingerprint density at radius 1 is 1.23 bits per heavy atom. The van der Waals surface area contributed by atoms with Crippen LogP contribution in [0.1, 0.15) is 25.5 Å². The highest BCUT2D eigenvalue weighted by Crippen LogP contribution is 2.40. The zero-order valence-corrected chi connectivity index (χ0v) is 13.9. The molecule has 2 N–H and O–H groups in total. The molecule has 22 heavy (non-hydrogen) atoms. The van der Waals surface area contributed by atoms with Gasteiger partial charge in [0.15, 0.2) is 5.79 Å². The third-order valence-corrected chi connectivity index (χ3v) is 4.30. The quantitative estimate of drug-likeness (QED) is 0.820. The van der Waals surface area contributed by atoms with Crippen LogP contribution in [0.25, 0.3) is 0 Å². The fraction of sp³-hybridized carbons (Fsp3) is 0.571. The van der Waals surface area contributed by atoms with Crippen molar-refractivity contribution in [2.45, 2.75) is 31.8 Å². The number of hydrogen-bond acceptors (Lipinski definition) is 6. The van der Waals surface area contributed by atoms with E-state index in [2.05, 4.69) is 10.0 Å². The zero-order chi connectivity index (χ0) is 16.4. The molecule has 1 aromatic rings. The molecule has 0 spiro atoms. The normalized spacial score (nSPS) is 24.4. The van der Waals surface area contributed by atoms with E-state index < -0.39 is 28.3 Å². The molecule has 0 aromatic heterocycles. The zero-order valence-electron chi connectivity index (χ0n) is 13.1. The maximum absolute atomic E-state index is 11.4. The molecular formula is C14H22N2O5S. The lowest BCUT2D eigenvalue weighted by Gasteiger charge is -2.20. The molecule has 1 heterocycles. The van der Waals surface area contributed by atoms with Crippen molar-refractivity contribution in [2.75, 3.05) is 26.0 Å². The molecule has 2 rings (SSSR count). The summed E-state index contributed by atoms with van der Waals surface area (Å²) in [5, 5.41) is 3.10. The molecule has 0 saturated carbocycles. The number of rotatable bonds is 6. The summed E-state index contributed by atoms with van der Waals surface area (Å²) in [5.74, 6) is -0.817. The summed E-state index contributed by atoms with van der Waals surface area (Å²) in [5.41, 5.74) is 1.79. The van der Waals surface area contributed by atoms with Crippen molar-refractivity contribution in [3.8, 4) is 0 Å². The molecule has 0 aliphatic carbocycles. The van der Waals surface area contributed by atoms with Gasteiger partial charge in [-0.05, 0) is 19.9 Å². The van der Waals surface area contributed by atoms with Crippen LogP contribution in [0, 0.1) is 0 Å². The van der Waals surface area contributed by atoms with E-state index in [0.717, 1.165) is 11.3 Å². The summed E-state index contributed by atoms with van der Waals surface area (Å²) >= 11 is 0. The Kier molecular flexibility index (Phi) is 5.08. The Morgan fingerprint density at radius 3 is 2.55 bits per heavy atom. The van der Waals surface area contributed by atoms with Gasteiger partial charge < -0.3 is 14.8 Å². The third kappa shape index (κ3) is 3.96. The maximum atomic E-state index is 11.4. The molecule has 8 heteroatoms. The predicted molar refractivity (Wildman–Crippen MR) is 82.7 cm³/mol. The van der Waals surface area contributed by atoms with E-state index in [0.29, 0.717) is 0 Å². The minimum atomic E-state index is -3.77. The highest BCUT2D eigenvalue weighted by atomic mass is 32.2. The SMILES string of the molecule is CNc1ccccc1[C@@H]1OC(C)(C)O[C@H]1COS(=O)(=O)NC. The molecular weight excluding hydrogens is 308 g/mol. The van der Waals surface area contributed by atoms with Gasteiger partial charge in [-0.3, -0.25) is 4.18 Å². The average molecular weight is 330 g/mol. The van der Waals surface area contributed by atoms with Crippen LogP contribution in [0.15, 0.2) is 24.3 Å². The lowest BCUT2D eigenvalue weighted by Crippen LogP contribution is -2.29. The molecule has 2 atom stereocenters. The van der Waals surface area contributed by atoms with Crippen LogP contribution in [0.5, 0.6) is 0 Å². The Hall–Kier alpha value is -1.19. The van der Waals surface area contributed by atoms with E-state index in [4.69, 9.17) is 13.7 Å². The smallest absolute Gasteiger partial charge is 0.335 e. The van der Waals surface area contributed by atoms with Crippen molar-refractivity contribution >= 4 is 16.0 Å². The number of ether oxygens (including phenoxy) is 2. The fourth-order valence-electron chi connectivity index (χ4n) is 2.41. The van der Waals surface area contributed by atoms with E-state index in [-0.39, 0.29) is 6.61 Å². The number of nitrogens with one attached hydrogen (secondary N) is 2. The standard InChI is InChI=1S/C14H22N2O5S/c1-14(2)20-12(9-19-22(17,18)16-4)13(21-14)10-7-5-6-8-11(10)15-3/h5-8,12-13,15-16H,9H2,1-4H3/t12-,13-/m0/s1. The van der Waals surface area contributed by atoms with Crippen LogP contribution in [-0.4, -0.2) is 41.0 Å². The number of para-hydroxylation sites is 1. The lowest BCUT2D eigenvalue weighted by molar-refractivity contribution is -0.148. The highest BCUT2D eigenvalue weighted by Gasteiger charge is 2.43. The van der Waals surface area contributed by atoms with Crippen LogP contribution in [0.2, 0.25) is 0 Å². The summed E-state index contributed by atoms with van der Waals surface area (Å²) in [6.07, 6.45) is -0.960. The van der Waals surface area contributed by atoms with Crippen LogP contribution >= 0.6 is 0 Å². The first kappa shape index (κ1) is 17.2. The van der Waals surface area contributed by atoms with Gasteiger partial charge in [0, 0.05) is 25.3 Å². The molecule has 1 aliphatic rings. The fourth-order valence-corrected chi connectivity index (χ4v) is 2.84. The first-order chi connectivity index (χ1) is 10.3. The van der Waals surface area contributed by atoms with Gasteiger partial charge in [-0.15, -0.1) is 0 Å². The van der Waals surface area contributed by atoms with E-state index in [9.17, 15) is 8.42 Å². The summed E-state index contributed by atoms with van der Waals surface area (Å²) < 4.78 is 41.6. The molecule has 7 nitrogen and oxygen atoms in total. The second-order valence-corrected chi connectivity index (χ2v) is 6.93. The maximum Gasteiger partial charge on any atom is 0.335 e. The lowest BCUT2D eigenvalue weighted by atomic mass is 10.0. The van der Waals surface area contributed by atoms with Gasteiger partial charge in [0.1, 0.15) is 12.2 Å². The molecule has 124 valence electrons. The van der Waals surface area contributed by atoms with Crippen molar-refractivity contribution in [2.24, 2.45) is 0 Å². The van der Waals surface area contributed by atoms with E-state index >= 15 is 0 Å². The minimum Gasteiger partial charge on any atom is -0.388 e. The number of anilines is 1. The molecule has 1 aliphatic heterocycles. The summed E-state index contributed by atoms with van der Waals surface area (Å²) in [4.78, 5) is 0. The van der Waals surface area contributed by atoms with Crippen molar-refractivity contribution in [3.63, 3.8) is 0 Å². The first-order valence-corrected chi connectivity index (χ1v) is 8.39. The van der Waals surface area contributed by atoms with E-state index in [1.54, 1.807) is 13.8 Å². The second-order valence-electron chi connectivity index (χ2n) is 5.37. The summed E-state index contributed by atoms with van der Waals surface area (Å²) in [6, 6.07) is 7.65. The molecule has 1 fully saturated rings. The summed E-state index contributed by atoms with van der Waals surface area (Å²) in [6.45, 7) is 3.44. The minimum absolute atomic E-state index is 0.130. The van der Waals surface area contributed by atoms with E-state index in [1.807, 2.05) is 31.3 Å². The van der Waals surface area contributed by atoms with Gasteiger partial charge in [0.05, 0.1) is 6.61 Å². The van der Waals surface area contributed by atoms with Crippen LogP contribution in [0.4, 0.5) is 5.69 Å². The third-order valence-electron chi connectivity index (χ3n) is 3.36. The van der Waals surface area contributed by atoms with Crippen LogP contribution in [0.3, 0.4) is 0 Å². The Morgan fingerprint density at radius 2 is 1.91 bits per heavy atom. The van der Waals surface area contributed by atoms with Crippen LogP contribution in [-0.2, 0) is 24.0 Å². The van der Waals surface area contributed by atoms with Crippen molar-refractivity contribution in [1.82, 2.24) is 4.72 Å². The van der Waals surface area contributed by atoms with Gasteiger partial charge in [0.25, 0.3) is 0 Å². The molecule has 0 radical (unpaired) electrons. The topological polar surface area (TPSA) is 85.9 Å². The van der Waals surface area contributed by atoms with E-state index in [1.165, 1.54) is 7.05 Å². The Bertz CT molecular complexity index is 617. The molecule has 0 unspecified atom stereocenters. The van der Waals surface area contributed by atoms with Gasteiger partial charge in [-0.2, -0.15) is 13.1 Å². The number of benzene rings is 1. The molecule has 0 bridgehead atoms. The van der Waals surface area contributed by atoms with Gasteiger partial charge in [0.2, 0.25) is 0 Å². The Balaban J connectivity index is 2.23. The molecule has 1 aromatic carbocycles. The highest BCUT2D eigenvalue weighted by molar-refractivity contribution is 7.84. The monoisotopic (exact) mass is 330 g/mol.